The minimum absolute atomic E-state index is 0.353. The summed E-state index contributed by atoms with van der Waals surface area (Å²) in [6, 6.07) is 23.9. The lowest BCUT2D eigenvalue weighted by Crippen LogP contribution is -2.08. The van der Waals surface area contributed by atoms with Gasteiger partial charge in [0.05, 0.1) is 23.8 Å². The number of rotatable bonds is 4. The number of methoxy groups -OCH3 is 1. The molecule has 2 N–H and O–H groups in total. The lowest BCUT2D eigenvalue weighted by molar-refractivity contribution is 0.418. The Hall–Kier alpha value is -3.93. The van der Waals surface area contributed by atoms with E-state index in [4.69, 9.17) is 20.4 Å². The fourth-order valence-electron chi connectivity index (χ4n) is 3.62. The van der Waals surface area contributed by atoms with E-state index in [-0.39, 0.29) is 0 Å². The maximum atomic E-state index is 6.24. The van der Waals surface area contributed by atoms with Crippen LogP contribution in [0, 0.1) is 0 Å². The molecule has 29 heavy (non-hydrogen) atoms. The van der Waals surface area contributed by atoms with Crippen LogP contribution in [0.5, 0.6) is 5.75 Å². The highest BCUT2D eigenvalue weighted by molar-refractivity contribution is 5.88. The molecule has 0 amide bonds. The quantitative estimate of drug-likeness (QED) is 0.506. The lowest BCUT2D eigenvalue weighted by Gasteiger charge is -2.13. The second-order valence-electron chi connectivity index (χ2n) is 6.78. The summed E-state index contributed by atoms with van der Waals surface area (Å²) in [7, 11) is 1.65. The molecular weight excluding hydrogens is 362 g/mol. The van der Waals surface area contributed by atoms with E-state index in [1.165, 1.54) is 5.56 Å². The zero-order chi connectivity index (χ0) is 19.8. The predicted octanol–water partition coefficient (Wildman–Crippen LogP) is 4.15. The largest absolute Gasteiger partial charge is 0.494 e. The van der Waals surface area contributed by atoms with Crippen LogP contribution in [-0.2, 0) is 6.42 Å². The fourth-order valence-corrected chi connectivity index (χ4v) is 3.62. The molecule has 5 aromatic rings. The van der Waals surface area contributed by atoms with Crippen molar-refractivity contribution < 1.29 is 4.74 Å². The van der Waals surface area contributed by atoms with E-state index in [2.05, 4.69) is 17.1 Å². The summed E-state index contributed by atoms with van der Waals surface area (Å²) >= 11 is 0. The third-order valence-electron chi connectivity index (χ3n) is 4.98. The third kappa shape index (κ3) is 2.95. The van der Waals surface area contributed by atoms with Gasteiger partial charge in [-0.25, -0.2) is 19.5 Å². The Morgan fingerprint density at radius 3 is 2.48 bits per heavy atom. The van der Waals surface area contributed by atoms with Crippen LogP contribution in [0.2, 0.25) is 0 Å². The van der Waals surface area contributed by atoms with Gasteiger partial charge in [-0.1, -0.05) is 54.6 Å². The zero-order valence-electron chi connectivity index (χ0n) is 15.9. The first kappa shape index (κ1) is 17.2. The van der Waals surface area contributed by atoms with Crippen LogP contribution in [0.25, 0.3) is 27.9 Å². The molecular formula is C23H19N5O. The second kappa shape index (κ2) is 6.91. The molecule has 5 rings (SSSR count). The van der Waals surface area contributed by atoms with Crippen molar-refractivity contribution in [2.75, 3.05) is 12.8 Å². The SMILES string of the molecule is COc1cccc2c(Cc3ccccc3)nc(-n3c(N)nc4ccccc43)nc12. The third-order valence-corrected chi connectivity index (χ3v) is 4.98. The number of ether oxygens (including phenoxy) is 1. The van der Waals surface area contributed by atoms with Gasteiger partial charge in [0.25, 0.3) is 0 Å². The summed E-state index contributed by atoms with van der Waals surface area (Å²) in [6.07, 6.45) is 0.673. The maximum absolute atomic E-state index is 6.24. The zero-order valence-corrected chi connectivity index (χ0v) is 15.9. The normalized spacial score (nSPS) is 11.2. The smallest absolute Gasteiger partial charge is 0.238 e. The topological polar surface area (TPSA) is 78.9 Å². The molecule has 0 fully saturated rings. The minimum atomic E-state index is 0.353. The summed E-state index contributed by atoms with van der Waals surface area (Å²) in [5.74, 6) is 1.54. The van der Waals surface area contributed by atoms with Crippen LogP contribution in [0.4, 0.5) is 5.95 Å². The number of para-hydroxylation sites is 3. The van der Waals surface area contributed by atoms with Gasteiger partial charge in [-0.05, 0) is 23.8 Å². The van der Waals surface area contributed by atoms with E-state index in [9.17, 15) is 0 Å². The van der Waals surface area contributed by atoms with Crippen LogP contribution in [-0.4, -0.2) is 26.6 Å². The number of imidazole rings is 1. The maximum Gasteiger partial charge on any atom is 0.238 e. The lowest BCUT2D eigenvalue weighted by atomic mass is 10.1. The number of aromatic nitrogens is 4. The van der Waals surface area contributed by atoms with Gasteiger partial charge >= 0.3 is 0 Å². The van der Waals surface area contributed by atoms with Gasteiger partial charge in [-0.2, -0.15) is 0 Å². The molecule has 0 bridgehead atoms. The molecule has 2 aromatic heterocycles. The van der Waals surface area contributed by atoms with Crippen LogP contribution >= 0.6 is 0 Å². The highest BCUT2D eigenvalue weighted by Gasteiger charge is 2.17. The molecule has 0 saturated carbocycles. The number of anilines is 1. The van der Waals surface area contributed by atoms with Crippen molar-refractivity contribution in [1.82, 2.24) is 19.5 Å². The fraction of sp³-hybridized carbons (Fsp3) is 0.0870. The van der Waals surface area contributed by atoms with E-state index in [1.807, 2.05) is 60.7 Å². The molecule has 0 saturated heterocycles. The summed E-state index contributed by atoms with van der Waals surface area (Å²) in [5, 5.41) is 0.958. The molecule has 0 aliphatic heterocycles. The summed E-state index contributed by atoms with van der Waals surface area (Å²) in [4.78, 5) is 14.2. The van der Waals surface area contributed by atoms with Gasteiger partial charge < -0.3 is 10.5 Å². The molecule has 6 heteroatoms. The van der Waals surface area contributed by atoms with Crippen molar-refractivity contribution in [2.45, 2.75) is 6.42 Å². The molecule has 0 unspecified atom stereocenters. The van der Waals surface area contributed by atoms with Crippen LogP contribution in [0.3, 0.4) is 0 Å². The Balaban J connectivity index is 1.79. The van der Waals surface area contributed by atoms with E-state index in [0.29, 0.717) is 24.1 Å². The van der Waals surface area contributed by atoms with Crippen molar-refractivity contribution in [2.24, 2.45) is 0 Å². The number of fused-ring (bicyclic) bond motifs is 2. The molecule has 0 aliphatic carbocycles. The van der Waals surface area contributed by atoms with Crippen molar-refractivity contribution in [1.29, 1.82) is 0 Å². The predicted molar refractivity (Wildman–Crippen MR) is 114 cm³/mol. The van der Waals surface area contributed by atoms with E-state index >= 15 is 0 Å². The molecule has 0 spiro atoms. The van der Waals surface area contributed by atoms with Crippen LogP contribution < -0.4 is 10.5 Å². The monoisotopic (exact) mass is 381 g/mol. The van der Waals surface area contributed by atoms with Gasteiger partial charge in [0, 0.05) is 11.8 Å². The molecule has 0 aliphatic rings. The van der Waals surface area contributed by atoms with Gasteiger partial charge in [-0.15, -0.1) is 0 Å². The van der Waals surface area contributed by atoms with Crippen molar-refractivity contribution >= 4 is 27.9 Å². The Bertz CT molecular complexity index is 1330. The number of nitrogen functional groups attached to an aromatic ring is 1. The molecule has 142 valence electrons. The average Bonchev–Trinajstić information content (AvgIpc) is 3.09. The van der Waals surface area contributed by atoms with Gasteiger partial charge in [-0.3, -0.25) is 0 Å². The average molecular weight is 381 g/mol. The van der Waals surface area contributed by atoms with Crippen LogP contribution in [0.1, 0.15) is 11.3 Å². The number of nitrogens with zero attached hydrogens (tertiary/aromatic N) is 4. The van der Waals surface area contributed by atoms with Gasteiger partial charge in [0.1, 0.15) is 11.3 Å². The van der Waals surface area contributed by atoms with Gasteiger partial charge in [0.15, 0.2) is 0 Å². The molecule has 2 heterocycles. The number of hydrogen-bond donors (Lipinski definition) is 1. The highest BCUT2D eigenvalue weighted by Crippen LogP contribution is 2.29. The first-order valence-electron chi connectivity index (χ1n) is 9.35. The number of benzene rings is 3. The molecule has 3 aromatic carbocycles. The minimum Gasteiger partial charge on any atom is -0.494 e. The second-order valence-corrected chi connectivity index (χ2v) is 6.78. The Morgan fingerprint density at radius 1 is 0.862 bits per heavy atom. The van der Waals surface area contributed by atoms with E-state index < -0.39 is 0 Å². The molecule has 0 radical (unpaired) electrons. The first-order chi connectivity index (χ1) is 14.2. The van der Waals surface area contributed by atoms with E-state index in [1.54, 1.807) is 11.7 Å². The molecule has 6 nitrogen and oxygen atoms in total. The number of nitrogens with two attached hydrogens (primary N) is 1. The van der Waals surface area contributed by atoms with Crippen molar-refractivity contribution in [3.05, 3.63) is 84.1 Å². The standard InChI is InChI=1S/C23H19N5O/c1-29-20-13-7-10-16-18(14-15-8-3-2-4-9-15)26-23(27-21(16)20)28-19-12-6-5-11-17(19)25-22(28)24/h2-13H,14H2,1H3,(H2,24,25). The van der Waals surface area contributed by atoms with Crippen LogP contribution in [0.15, 0.2) is 72.8 Å². The molecule has 0 atom stereocenters. The first-order valence-corrected chi connectivity index (χ1v) is 9.35. The van der Waals surface area contributed by atoms with Crippen molar-refractivity contribution in [3.63, 3.8) is 0 Å². The summed E-state index contributed by atoms with van der Waals surface area (Å²) in [6.45, 7) is 0. The van der Waals surface area contributed by atoms with E-state index in [0.717, 1.165) is 27.6 Å². The summed E-state index contributed by atoms with van der Waals surface area (Å²) < 4.78 is 7.36. The Kier molecular flexibility index (Phi) is 4.09. The van der Waals surface area contributed by atoms with Crippen molar-refractivity contribution in [3.8, 4) is 11.7 Å². The van der Waals surface area contributed by atoms with Gasteiger partial charge in [0.2, 0.25) is 11.9 Å². The Labute approximate surface area is 167 Å². The summed E-state index contributed by atoms with van der Waals surface area (Å²) in [5.41, 5.74) is 10.7. The number of hydrogen-bond acceptors (Lipinski definition) is 5. The highest BCUT2D eigenvalue weighted by atomic mass is 16.5. The Morgan fingerprint density at radius 2 is 1.66 bits per heavy atom.